The Kier molecular flexibility index (Phi) is 7.23. The van der Waals surface area contributed by atoms with E-state index in [0.717, 1.165) is 18.5 Å². The Bertz CT molecular complexity index is 736. The molecule has 0 aliphatic rings. The summed E-state index contributed by atoms with van der Waals surface area (Å²) in [5, 5.41) is 14.1. The zero-order chi connectivity index (χ0) is 18.9. The second kappa shape index (κ2) is 9.62. The van der Waals surface area contributed by atoms with Gasteiger partial charge in [0.05, 0.1) is 31.3 Å². The highest BCUT2D eigenvalue weighted by atomic mass is 16.6. The maximum atomic E-state index is 10.8. The highest BCUT2D eigenvalue weighted by Gasteiger charge is 2.09. The van der Waals surface area contributed by atoms with Crippen LogP contribution in [-0.4, -0.2) is 31.8 Å². The first kappa shape index (κ1) is 19.5. The minimum absolute atomic E-state index is 0.0290. The van der Waals surface area contributed by atoms with Crippen LogP contribution < -0.4 is 19.5 Å². The molecular weight excluding hydrogens is 336 g/mol. The van der Waals surface area contributed by atoms with E-state index >= 15 is 0 Å². The summed E-state index contributed by atoms with van der Waals surface area (Å²) in [6.07, 6.45) is 0.714. The van der Waals surface area contributed by atoms with E-state index < -0.39 is 4.92 Å². The van der Waals surface area contributed by atoms with Gasteiger partial charge in [-0.05, 0) is 43.7 Å². The van der Waals surface area contributed by atoms with Gasteiger partial charge in [-0.2, -0.15) is 0 Å². The molecule has 1 unspecified atom stereocenters. The van der Waals surface area contributed by atoms with Crippen LogP contribution in [0.5, 0.6) is 17.2 Å². The fraction of sp³-hybridized carbons (Fsp3) is 0.368. The molecule has 7 heteroatoms. The van der Waals surface area contributed by atoms with Crippen molar-refractivity contribution in [1.29, 1.82) is 0 Å². The van der Waals surface area contributed by atoms with Crippen LogP contribution in [-0.2, 0) is 6.54 Å². The molecule has 0 aliphatic carbocycles. The van der Waals surface area contributed by atoms with Crippen molar-refractivity contribution in [2.45, 2.75) is 26.0 Å². The molecule has 0 fully saturated rings. The molecule has 0 saturated carbocycles. The molecule has 0 aromatic heterocycles. The second-order valence-corrected chi connectivity index (χ2v) is 5.84. The lowest BCUT2D eigenvalue weighted by Gasteiger charge is -2.15. The van der Waals surface area contributed by atoms with Crippen LogP contribution in [0, 0.1) is 10.1 Å². The van der Waals surface area contributed by atoms with Crippen LogP contribution in [0.25, 0.3) is 0 Å². The van der Waals surface area contributed by atoms with Crippen molar-refractivity contribution in [1.82, 2.24) is 5.32 Å². The van der Waals surface area contributed by atoms with Gasteiger partial charge < -0.3 is 19.5 Å². The van der Waals surface area contributed by atoms with E-state index in [4.69, 9.17) is 14.2 Å². The number of hydrogen-bond acceptors (Lipinski definition) is 6. The Labute approximate surface area is 153 Å². The molecule has 0 radical (unpaired) electrons. The largest absolute Gasteiger partial charge is 0.493 e. The number of nitrogens with one attached hydrogen (secondary N) is 1. The molecule has 2 rings (SSSR count). The molecule has 1 N–H and O–H groups in total. The molecular formula is C19H24N2O5. The zero-order valence-electron chi connectivity index (χ0n) is 15.2. The summed E-state index contributed by atoms with van der Waals surface area (Å²) in [6.45, 7) is 3.39. The van der Waals surface area contributed by atoms with Gasteiger partial charge >= 0.3 is 0 Å². The third-order valence-corrected chi connectivity index (χ3v) is 3.87. The number of nitrogens with zero attached hydrogens (tertiary/aromatic N) is 1. The number of rotatable bonds is 10. The Balaban J connectivity index is 1.77. The number of ether oxygens (including phenoxy) is 3. The smallest absolute Gasteiger partial charge is 0.273 e. The Morgan fingerprint density at radius 2 is 1.88 bits per heavy atom. The summed E-state index contributed by atoms with van der Waals surface area (Å²) in [6, 6.07) is 12.0. The molecule has 0 spiro atoms. The van der Waals surface area contributed by atoms with Crippen LogP contribution in [0.3, 0.4) is 0 Å². The van der Waals surface area contributed by atoms with Crippen molar-refractivity contribution < 1.29 is 19.1 Å². The van der Waals surface area contributed by atoms with E-state index in [1.807, 2.05) is 25.1 Å². The van der Waals surface area contributed by atoms with Gasteiger partial charge in [0.25, 0.3) is 5.69 Å². The summed E-state index contributed by atoms with van der Waals surface area (Å²) >= 11 is 0. The molecule has 0 amide bonds. The quantitative estimate of drug-likeness (QED) is 0.396. The van der Waals surface area contributed by atoms with Crippen LogP contribution in [0.2, 0.25) is 0 Å². The fourth-order valence-corrected chi connectivity index (χ4v) is 2.49. The number of non-ortho nitro benzene ring substituents is 1. The molecule has 2 aromatic carbocycles. The fourth-order valence-electron chi connectivity index (χ4n) is 2.49. The highest BCUT2D eigenvalue weighted by molar-refractivity contribution is 5.42. The number of nitro benzene ring substituents is 1. The number of methoxy groups -OCH3 is 2. The van der Waals surface area contributed by atoms with Gasteiger partial charge in [-0.15, -0.1) is 0 Å². The lowest BCUT2D eigenvalue weighted by atomic mass is 10.2. The topological polar surface area (TPSA) is 82.9 Å². The maximum Gasteiger partial charge on any atom is 0.273 e. The van der Waals surface area contributed by atoms with Crippen molar-refractivity contribution in [3.63, 3.8) is 0 Å². The van der Waals surface area contributed by atoms with Crippen LogP contribution in [0.15, 0.2) is 42.5 Å². The SMILES string of the molecule is COc1ccc(CNCCC(C)Oc2cccc([N+](=O)[O-])c2)cc1OC. The Hall–Kier alpha value is -2.80. The first-order valence-electron chi connectivity index (χ1n) is 8.36. The zero-order valence-corrected chi connectivity index (χ0v) is 15.2. The standard InChI is InChI=1S/C19H24N2O5/c1-14(26-17-6-4-5-16(12-17)21(22)23)9-10-20-13-15-7-8-18(24-2)19(11-15)25-3/h4-8,11-12,14,20H,9-10,13H2,1-3H3. The molecule has 0 bridgehead atoms. The van der Waals surface area contributed by atoms with Gasteiger partial charge in [0, 0.05) is 12.6 Å². The van der Waals surface area contributed by atoms with Gasteiger partial charge in [0.1, 0.15) is 5.75 Å². The normalized spacial score (nSPS) is 11.7. The van der Waals surface area contributed by atoms with E-state index in [2.05, 4.69) is 5.32 Å². The van der Waals surface area contributed by atoms with E-state index in [1.165, 1.54) is 12.1 Å². The molecule has 26 heavy (non-hydrogen) atoms. The molecule has 0 aliphatic heterocycles. The van der Waals surface area contributed by atoms with Crippen molar-refractivity contribution in [3.05, 3.63) is 58.1 Å². The summed E-state index contributed by atoms with van der Waals surface area (Å²) in [5.74, 6) is 1.91. The van der Waals surface area contributed by atoms with Crippen LogP contribution in [0.1, 0.15) is 18.9 Å². The van der Waals surface area contributed by atoms with Gasteiger partial charge in [0.2, 0.25) is 0 Å². The highest BCUT2D eigenvalue weighted by Crippen LogP contribution is 2.27. The van der Waals surface area contributed by atoms with Crippen LogP contribution >= 0.6 is 0 Å². The van der Waals surface area contributed by atoms with Crippen molar-refractivity contribution in [2.24, 2.45) is 0 Å². The Morgan fingerprint density at radius 1 is 1.12 bits per heavy atom. The molecule has 0 heterocycles. The van der Waals surface area contributed by atoms with E-state index in [-0.39, 0.29) is 11.8 Å². The predicted molar refractivity (Wildman–Crippen MR) is 99.1 cm³/mol. The number of nitro groups is 1. The van der Waals surface area contributed by atoms with Gasteiger partial charge in [-0.1, -0.05) is 12.1 Å². The molecule has 140 valence electrons. The van der Waals surface area contributed by atoms with Gasteiger partial charge in [0.15, 0.2) is 11.5 Å². The van der Waals surface area contributed by atoms with E-state index in [9.17, 15) is 10.1 Å². The average molecular weight is 360 g/mol. The third kappa shape index (κ3) is 5.63. The van der Waals surface area contributed by atoms with E-state index in [1.54, 1.807) is 26.4 Å². The number of benzene rings is 2. The molecule has 7 nitrogen and oxygen atoms in total. The van der Waals surface area contributed by atoms with Gasteiger partial charge in [-0.3, -0.25) is 10.1 Å². The van der Waals surface area contributed by atoms with Crippen molar-refractivity contribution >= 4 is 5.69 Å². The molecule has 1 atom stereocenters. The summed E-state index contributed by atoms with van der Waals surface area (Å²) < 4.78 is 16.3. The minimum atomic E-state index is -0.428. The monoisotopic (exact) mass is 360 g/mol. The molecule has 2 aromatic rings. The van der Waals surface area contributed by atoms with Crippen LogP contribution in [0.4, 0.5) is 5.69 Å². The summed E-state index contributed by atoms with van der Waals surface area (Å²) in [4.78, 5) is 10.4. The van der Waals surface area contributed by atoms with Crippen molar-refractivity contribution in [3.8, 4) is 17.2 Å². The third-order valence-electron chi connectivity index (χ3n) is 3.87. The van der Waals surface area contributed by atoms with Gasteiger partial charge in [-0.25, -0.2) is 0 Å². The minimum Gasteiger partial charge on any atom is -0.493 e. The summed E-state index contributed by atoms with van der Waals surface area (Å²) in [7, 11) is 3.22. The lowest BCUT2D eigenvalue weighted by molar-refractivity contribution is -0.384. The first-order chi connectivity index (χ1) is 12.5. The van der Waals surface area contributed by atoms with Crippen molar-refractivity contribution in [2.75, 3.05) is 20.8 Å². The Morgan fingerprint density at radius 3 is 2.58 bits per heavy atom. The maximum absolute atomic E-state index is 10.8. The first-order valence-corrected chi connectivity index (χ1v) is 8.36. The number of hydrogen-bond donors (Lipinski definition) is 1. The average Bonchev–Trinajstić information content (AvgIpc) is 2.65. The summed E-state index contributed by atoms with van der Waals surface area (Å²) in [5.41, 5.74) is 1.12. The second-order valence-electron chi connectivity index (χ2n) is 5.84. The lowest BCUT2D eigenvalue weighted by Crippen LogP contribution is -2.22. The van der Waals surface area contributed by atoms with E-state index in [0.29, 0.717) is 23.8 Å². The molecule has 0 saturated heterocycles. The predicted octanol–water partition coefficient (Wildman–Crippen LogP) is 3.56.